The predicted molar refractivity (Wildman–Crippen MR) is 122 cm³/mol. The van der Waals surface area contributed by atoms with Gasteiger partial charge in [0.05, 0.1) is 5.56 Å². The Morgan fingerprint density at radius 2 is 1.83 bits per heavy atom. The molecule has 4 nitrogen and oxygen atoms in total. The van der Waals surface area contributed by atoms with E-state index in [1.807, 2.05) is 29.2 Å². The zero-order chi connectivity index (χ0) is 20.9. The van der Waals surface area contributed by atoms with Crippen LogP contribution in [0, 0.1) is 5.92 Å². The van der Waals surface area contributed by atoms with Crippen molar-refractivity contribution in [1.29, 1.82) is 0 Å². The Kier molecular flexibility index (Phi) is 6.93. The number of hydrogen-bond donors (Lipinski definition) is 0. The highest BCUT2D eigenvalue weighted by Crippen LogP contribution is 2.30. The number of benzene rings is 1. The molecule has 1 amide bonds. The maximum absolute atomic E-state index is 12.9. The maximum atomic E-state index is 12.9. The average Bonchev–Trinajstić information content (AvgIpc) is 3.30. The molecule has 0 saturated carbocycles. The lowest BCUT2D eigenvalue weighted by atomic mass is 9.85. The van der Waals surface area contributed by atoms with Gasteiger partial charge in [0.1, 0.15) is 11.9 Å². The van der Waals surface area contributed by atoms with Crippen LogP contribution in [-0.2, 0) is 0 Å². The Balaban J connectivity index is 1.28. The van der Waals surface area contributed by atoms with Gasteiger partial charge in [-0.2, -0.15) is 0 Å². The van der Waals surface area contributed by atoms with E-state index in [9.17, 15) is 4.79 Å². The molecule has 1 atom stereocenters. The predicted octanol–water partition coefficient (Wildman–Crippen LogP) is 5.07. The van der Waals surface area contributed by atoms with E-state index in [0.717, 1.165) is 76.1 Å². The van der Waals surface area contributed by atoms with Gasteiger partial charge in [-0.1, -0.05) is 35.9 Å². The first-order valence-electron chi connectivity index (χ1n) is 11.7. The Morgan fingerprint density at radius 3 is 2.50 bits per heavy atom. The number of ether oxygens (including phenoxy) is 1. The van der Waals surface area contributed by atoms with Gasteiger partial charge >= 0.3 is 0 Å². The summed E-state index contributed by atoms with van der Waals surface area (Å²) in [5.41, 5.74) is 3.64. The molecular weight excluding hydrogens is 372 g/mol. The van der Waals surface area contributed by atoms with Crippen molar-refractivity contribution in [1.82, 2.24) is 9.80 Å². The number of nitrogens with zero attached hydrogens (tertiary/aromatic N) is 2. The van der Waals surface area contributed by atoms with Gasteiger partial charge in [-0.3, -0.25) is 9.69 Å². The molecule has 30 heavy (non-hydrogen) atoms. The third-order valence-electron chi connectivity index (χ3n) is 6.97. The van der Waals surface area contributed by atoms with Crippen LogP contribution in [0.5, 0.6) is 5.75 Å². The zero-order valence-corrected chi connectivity index (χ0v) is 18.4. The molecule has 0 unspecified atom stereocenters. The Bertz CT molecular complexity index is 786. The van der Waals surface area contributed by atoms with Crippen molar-refractivity contribution < 1.29 is 9.53 Å². The number of carbonyl (C=O) groups excluding carboxylic acids is 1. The molecule has 3 aliphatic rings. The first-order chi connectivity index (χ1) is 14.6. The number of piperidine rings is 1. The number of allylic oxidation sites excluding steroid dienone is 2. The lowest BCUT2D eigenvalue weighted by Crippen LogP contribution is -2.39. The van der Waals surface area contributed by atoms with Crippen LogP contribution in [0.4, 0.5) is 0 Å². The number of likely N-dealkylation sites (tertiary alicyclic amines) is 2. The second kappa shape index (κ2) is 9.82. The molecule has 2 fully saturated rings. The monoisotopic (exact) mass is 408 g/mol. The van der Waals surface area contributed by atoms with Crippen LogP contribution >= 0.6 is 0 Å². The molecule has 0 spiro atoms. The minimum Gasteiger partial charge on any atom is -0.489 e. The van der Waals surface area contributed by atoms with Crippen LogP contribution in [0.3, 0.4) is 0 Å². The van der Waals surface area contributed by atoms with Crippen LogP contribution in [0.25, 0.3) is 0 Å². The van der Waals surface area contributed by atoms with Crippen molar-refractivity contribution in [2.45, 2.75) is 58.0 Å². The third kappa shape index (κ3) is 5.15. The minimum atomic E-state index is 0.123. The van der Waals surface area contributed by atoms with Gasteiger partial charge in [-0.25, -0.2) is 0 Å². The van der Waals surface area contributed by atoms with Crippen molar-refractivity contribution in [3.8, 4) is 5.75 Å². The standard InChI is InChI=1S/C26H36N2O2/c1-20(2)22-11-9-21(10-12-22)19-27-17-13-23(14-18-27)30-25-8-4-3-7-24(25)26(29)28-15-5-6-16-28/h3-4,7-9,22-23H,1,5-6,10-19H2,2H3/t22-/m1/s1. The Labute approximate surface area is 181 Å². The molecule has 1 aromatic rings. The summed E-state index contributed by atoms with van der Waals surface area (Å²) in [5, 5.41) is 0. The molecule has 1 aromatic carbocycles. The number of para-hydroxylation sites is 1. The van der Waals surface area contributed by atoms with Crippen molar-refractivity contribution in [3.63, 3.8) is 0 Å². The largest absolute Gasteiger partial charge is 0.489 e. The van der Waals surface area contributed by atoms with E-state index >= 15 is 0 Å². The zero-order valence-electron chi connectivity index (χ0n) is 18.4. The van der Waals surface area contributed by atoms with Crippen molar-refractivity contribution in [2.75, 3.05) is 32.7 Å². The molecule has 4 rings (SSSR count). The third-order valence-corrected chi connectivity index (χ3v) is 6.97. The highest BCUT2D eigenvalue weighted by molar-refractivity contribution is 5.97. The first kappa shape index (κ1) is 21.2. The first-order valence-corrected chi connectivity index (χ1v) is 11.7. The topological polar surface area (TPSA) is 32.8 Å². The average molecular weight is 409 g/mol. The highest BCUT2D eigenvalue weighted by atomic mass is 16.5. The minimum absolute atomic E-state index is 0.123. The van der Waals surface area contributed by atoms with Crippen LogP contribution < -0.4 is 4.74 Å². The molecule has 1 aliphatic carbocycles. The molecule has 0 bridgehead atoms. The lowest BCUT2D eigenvalue weighted by Gasteiger charge is -2.34. The molecule has 4 heteroatoms. The molecule has 162 valence electrons. The van der Waals surface area contributed by atoms with Gasteiger partial charge in [0.15, 0.2) is 0 Å². The van der Waals surface area contributed by atoms with E-state index in [0.29, 0.717) is 5.92 Å². The fourth-order valence-corrected chi connectivity index (χ4v) is 4.97. The molecule has 0 radical (unpaired) electrons. The van der Waals surface area contributed by atoms with Crippen LogP contribution in [-0.4, -0.2) is 54.5 Å². The fourth-order valence-electron chi connectivity index (χ4n) is 4.97. The van der Waals surface area contributed by atoms with Gasteiger partial charge < -0.3 is 9.64 Å². The maximum Gasteiger partial charge on any atom is 0.257 e. The second-order valence-electron chi connectivity index (χ2n) is 9.27. The van der Waals surface area contributed by atoms with Gasteiger partial charge in [-0.15, -0.1) is 0 Å². The molecule has 2 saturated heterocycles. The summed E-state index contributed by atoms with van der Waals surface area (Å²) in [6, 6.07) is 7.79. The summed E-state index contributed by atoms with van der Waals surface area (Å²) < 4.78 is 6.35. The number of hydrogen-bond acceptors (Lipinski definition) is 3. The van der Waals surface area contributed by atoms with Crippen LogP contribution in [0.1, 0.15) is 62.2 Å². The fraction of sp³-hybridized carbons (Fsp3) is 0.577. The number of amides is 1. The van der Waals surface area contributed by atoms with E-state index in [1.165, 1.54) is 18.4 Å². The van der Waals surface area contributed by atoms with Gasteiger partial charge in [0, 0.05) is 32.7 Å². The Morgan fingerprint density at radius 1 is 1.10 bits per heavy atom. The van der Waals surface area contributed by atoms with Crippen molar-refractivity contribution in [3.05, 3.63) is 53.6 Å². The quantitative estimate of drug-likeness (QED) is 0.616. The summed E-state index contributed by atoms with van der Waals surface area (Å²) >= 11 is 0. The lowest BCUT2D eigenvalue weighted by molar-refractivity contribution is 0.0771. The van der Waals surface area contributed by atoms with Gasteiger partial charge in [0.25, 0.3) is 5.91 Å². The molecular formula is C26H36N2O2. The summed E-state index contributed by atoms with van der Waals surface area (Å²) in [7, 11) is 0. The summed E-state index contributed by atoms with van der Waals surface area (Å²) in [6.45, 7) is 11.2. The molecule has 0 N–H and O–H groups in total. The summed E-state index contributed by atoms with van der Waals surface area (Å²) in [4.78, 5) is 17.4. The van der Waals surface area contributed by atoms with Crippen molar-refractivity contribution in [2.24, 2.45) is 5.92 Å². The van der Waals surface area contributed by atoms with E-state index in [2.05, 4.69) is 24.5 Å². The molecule has 2 heterocycles. The van der Waals surface area contributed by atoms with E-state index < -0.39 is 0 Å². The van der Waals surface area contributed by atoms with Crippen molar-refractivity contribution >= 4 is 5.91 Å². The SMILES string of the molecule is C=C(C)[C@@H]1CC=C(CN2CCC(Oc3ccccc3C(=O)N3CCCC3)CC2)CC1. The number of carbonyl (C=O) groups is 1. The van der Waals surface area contributed by atoms with Gasteiger partial charge in [0.2, 0.25) is 0 Å². The van der Waals surface area contributed by atoms with E-state index in [1.54, 1.807) is 5.57 Å². The Hall–Kier alpha value is -2.07. The summed E-state index contributed by atoms with van der Waals surface area (Å²) in [5.74, 6) is 1.56. The van der Waals surface area contributed by atoms with Gasteiger partial charge in [-0.05, 0) is 69.9 Å². The summed E-state index contributed by atoms with van der Waals surface area (Å²) in [6.07, 6.45) is 10.5. The van der Waals surface area contributed by atoms with E-state index in [-0.39, 0.29) is 12.0 Å². The smallest absolute Gasteiger partial charge is 0.257 e. The second-order valence-corrected chi connectivity index (χ2v) is 9.27. The highest BCUT2D eigenvalue weighted by Gasteiger charge is 2.26. The molecule has 0 aromatic heterocycles. The van der Waals surface area contributed by atoms with E-state index in [4.69, 9.17) is 4.74 Å². The molecule has 2 aliphatic heterocycles. The number of rotatable bonds is 6. The van der Waals surface area contributed by atoms with Crippen LogP contribution in [0.2, 0.25) is 0 Å². The normalized spacial score (nSPS) is 23.3. The van der Waals surface area contributed by atoms with Crippen LogP contribution in [0.15, 0.2) is 48.1 Å².